The maximum absolute atomic E-state index is 5.17. The van der Waals surface area contributed by atoms with Crippen molar-refractivity contribution in [1.82, 2.24) is 5.32 Å². The zero-order chi connectivity index (χ0) is 8.44. The molecule has 0 aromatic carbocycles. The lowest BCUT2D eigenvalue weighted by Crippen LogP contribution is -2.28. The molecule has 0 radical (unpaired) electrons. The summed E-state index contributed by atoms with van der Waals surface area (Å²) in [6.07, 6.45) is 8.38. The molecule has 0 amide bonds. The van der Waals surface area contributed by atoms with E-state index in [1.165, 1.54) is 38.5 Å². The molecule has 1 aliphatic carbocycles. The molecule has 0 bridgehead atoms. The van der Waals surface area contributed by atoms with Crippen molar-refractivity contribution in [2.24, 2.45) is 0 Å². The number of nitrogens with one attached hydrogen (secondary N) is 1. The maximum Gasteiger partial charge on any atom is 0.134 e. The second kappa shape index (κ2) is 3.54. The quantitative estimate of drug-likeness (QED) is 0.605. The monoisotopic (exact) mass is 201 g/mol. The SMILES string of the molecule is S=C1NCC2(CCCCCC2)S1. The van der Waals surface area contributed by atoms with Gasteiger partial charge in [0.25, 0.3) is 0 Å². The average molecular weight is 201 g/mol. The summed E-state index contributed by atoms with van der Waals surface area (Å²) in [6, 6.07) is 0. The van der Waals surface area contributed by atoms with Gasteiger partial charge in [-0.25, -0.2) is 0 Å². The Kier molecular flexibility index (Phi) is 2.60. The first kappa shape index (κ1) is 8.82. The molecule has 0 aromatic heterocycles. The van der Waals surface area contributed by atoms with Gasteiger partial charge in [-0.2, -0.15) is 0 Å². The number of hydrogen-bond acceptors (Lipinski definition) is 2. The Morgan fingerprint density at radius 1 is 1.17 bits per heavy atom. The van der Waals surface area contributed by atoms with Gasteiger partial charge in [0.05, 0.1) is 0 Å². The molecule has 2 fully saturated rings. The molecule has 3 heteroatoms. The summed E-state index contributed by atoms with van der Waals surface area (Å²) in [5.41, 5.74) is 0. The highest BCUT2D eigenvalue weighted by Gasteiger charge is 2.37. The fraction of sp³-hybridized carbons (Fsp3) is 0.889. The van der Waals surface area contributed by atoms with Crippen LogP contribution in [0.4, 0.5) is 0 Å². The fourth-order valence-corrected chi connectivity index (χ4v) is 3.93. The first-order valence-corrected chi connectivity index (χ1v) is 6.00. The van der Waals surface area contributed by atoms with E-state index in [1.54, 1.807) is 0 Å². The lowest BCUT2D eigenvalue weighted by Gasteiger charge is -2.23. The van der Waals surface area contributed by atoms with Crippen molar-refractivity contribution < 1.29 is 0 Å². The van der Waals surface area contributed by atoms with E-state index in [-0.39, 0.29) is 0 Å². The van der Waals surface area contributed by atoms with Crippen molar-refractivity contribution in [2.45, 2.75) is 43.3 Å². The summed E-state index contributed by atoms with van der Waals surface area (Å²) in [5, 5.41) is 3.30. The summed E-state index contributed by atoms with van der Waals surface area (Å²) in [6.45, 7) is 1.12. The van der Waals surface area contributed by atoms with Crippen LogP contribution in [-0.4, -0.2) is 15.6 Å². The molecule has 68 valence electrons. The third-order valence-electron chi connectivity index (χ3n) is 2.88. The normalized spacial score (nSPS) is 28.5. The van der Waals surface area contributed by atoms with E-state index in [9.17, 15) is 0 Å². The van der Waals surface area contributed by atoms with E-state index in [2.05, 4.69) is 5.32 Å². The Morgan fingerprint density at radius 3 is 2.33 bits per heavy atom. The third-order valence-corrected chi connectivity index (χ3v) is 4.59. The van der Waals surface area contributed by atoms with Crippen molar-refractivity contribution in [3.63, 3.8) is 0 Å². The van der Waals surface area contributed by atoms with Crippen molar-refractivity contribution in [2.75, 3.05) is 6.54 Å². The number of rotatable bonds is 0. The van der Waals surface area contributed by atoms with Gasteiger partial charge >= 0.3 is 0 Å². The van der Waals surface area contributed by atoms with Crippen LogP contribution in [0.25, 0.3) is 0 Å². The van der Waals surface area contributed by atoms with Gasteiger partial charge in [0.1, 0.15) is 4.32 Å². The summed E-state index contributed by atoms with van der Waals surface area (Å²) >= 11 is 7.09. The van der Waals surface area contributed by atoms with Gasteiger partial charge in [-0.1, -0.05) is 49.7 Å². The van der Waals surface area contributed by atoms with E-state index in [1.807, 2.05) is 11.8 Å². The lowest BCUT2D eigenvalue weighted by atomic mass is 9.99. The molecule has 1 heterocycles. The van der Waals surface area contributed by atoms with E-state index in [0.717, 1.165) is 10.9 Å². The molecule has 1 nitrogen and oxygen atoms in total. The minimum absolute atomic E-state index is 0.494. The minimum atomic E-state index is 0.494. The largest absolute Gasteiger partial charge is 0.370 e. The topological polar surface area (TPSA) is 12.0 Å². The van der Waals surface area contributed by atoms with Crippen LogP contribution in [0, 0.1) is 0 Å². The lowest BCUT2D eigenvalue weighted by molar-refractivity contribution is 0.517. The molecule has 0 unspecified atom stereocenters. The van der Waals surface area contributed by atoms with Crippen LogP contribution >= 0.6 is 24.0 Å². The van der Waals surface area contributed by atoms with Gasteiger partial charge < -0.3 is 5.32 Å². The molecule has 2 rings (SSSR count). The Hall–Kier alpha value is 0.240. The van der Waals surface area contributed by atoms with Crippen molar-refractivity contribution >= 4 is 28.3 Å². The second-order valence-corrected chi connectivity index (χ2v) is 5.99. The molecule has 12 heavy (non-hydrogen) atoms. The second-order valence-electron chi connectivity index (χ2n) is 3.84. The molecule has 1 N–H and O–H groups in total. The van der Waals surface area contributed by atoms with Crippen LogP contribution in [0.15, 0.2) is 0 Å². The maximum atomic E-state index is 5.17. The minimum Gasteiger partial charge on any atom is -0.370 e. The van der Waals surface area contributed by atoms with Crippen molar-refractivity contribution in [3.8, 4) is 0 Å². The molecule has 0 aromatic rings. The zero-order valence-corrected chi connectivity index (χ0v) is 8.90. The first-order valence-electron chi connectivity index (χ1n) is 4.78. The molecule has 1 spiro atoms. The van der Waals surface area contributed by atoms with Gasteiger partial charge in [0.2, 0.25) is 0 Å². The third kappa shape index (κ3) is 1.77. The number of hydrogen-bond donors (Lipinski definition) is 1. The fourth-order valence-electron chi connectivity index (χ4n) is 2.15. The number of thiocarbonyl (C=S) groups is 1. The predicted molar refractivity (Wildman–Crippen MR) is 58.6 cm³/mol. The van der Waals surface area contributed by atoms with Crippen LogP contribution in [-0.2, 0) is 0 Å². The average Bonchev–Trinajstić information content (AvgIpc) is 2.30. The standard InChI is InChI=1S/C9H15NS2/c11-8-10-7-9(12-8)5-3-1-2-4-6-9/h1-7H2,(H,10,11). The van der Waals surface area contributed by atoms with Gasteiger partial charge in [-0.15, -0.1) is 0 Å². The molecule has 1 saturated heterocycles. The van der Waals surface area contributed by atoms with E-state index >= 15 is 0 Å². The van der Waals surface area contributed by atoms with E-state index in [0.29, 0.717) is 4.75 Å². The van der Waals surface area contributed by atoms with Crippen LogP contribution in [0.1, 0.15) is 38.5 Å². The highest BCUT2D eigenvalue weighted by atomic mass is 32.2. The number of thioether (sulfide) groups is 1. The van der Waals surface area contributed by atoms with Crippen LogP contribution in [0.2, 0.25) is 0 Å². The first-order chi connectivity index (χ1) is 5.81. The molecular weight excluding hydrogens is 186 g/mol. The summed E-state index contributed by atoms with van der Waals surface area (Å²) in [7, 11) is 0. The summed E-state index contributed by atoms with van der Waals surface area (Å²) in [4.78, 5) is 0. The Labute approximate surface area is 83.7 Å². The van der Waals surface area contributed by atoms with Crippen LogP contribution in [0.3, 0.4) is 0 Å². The Morgan fingerprint density at radius 2 is 1.83 bits per heavy atom. The highest BCUT2D eigenvalue weighted by molar-refractivity contribution is 8.24. The van der Waals surface area contributed by atoms with E-state index in [4.69, 9.17) is 12.2 Å². The van der Waals surface area contributed by atoms with Crippen LogP contribution in [0.5, 0.6) is 0 Å². The van der Waals surface area contributed by atoms with E-state index < -0.39 is 0 Å². The molecule has 0 atom stereocenters. The van der Waals surface area contributed by atoms with Gasteiger partial charge in [0, 0.05) is 11.3 Å². The smallest absolute Gasteiger partial charge is 0.134 e. The van der Waals surface area contributed by atoms with Crippen LogP contribution < -0.4 is 5.32 Å². The Bertz CT molecular complexity index is 183. The molecule has 2 aliphatic rings. The molecular formula is C9H15NS2. The summed E-state index contributed by atoms with van der Waals surface area (Å²) in [5.74, 6) is 0. The van der Waals surface area contributed by atoms with Gasteiger partial charge in [-0.3, -0.25) is 0 Å². The highest BCUT2D eigenvalue weighted by Crippen LogP contribution is 2.41. The summed E-state index contributed by atoms with van der Waals surface area (Å²) < 4.78 is 1.52. The van der Waals surface area contributed by atoms with Crippen molar-refractivity contribution in [3.05, 3.63) is 0 Å². The molecule has 1 saturated carbocycles. The molecule has 1 aliphatic heterocycles. The van der Waals surface area contributed by atoms with Gasteiger partial charge in [0.15, 0.2) is 0 Å². The predicted octanol–water partition coefficient (Wildman–Crippen LogP) is 2.70. The van der Waals surface area contributed by atoms with Gasteiger partial charge in [-0.05, 0) is 12.8 Å². The van der Waals surface area contributed by atoms with Crippen molar-refractivity contribution in [1.29, 1.82) is 0 Å². The zero-order valence-electron chi connectivity index (χ0n) is 7.27. The Balaban J connectivity index is 2.03.